The molecule has 0 unspecified atom stereocenters. The van der Waals surface area contributed by atoms with E-state index in [1.54, 1.807) is 12.3 Å². The number of nitrogens with one attached hydrogen (secondary N) is 1. The maximum Gasteiger partial charge on any atom is 0.226 e. The Balaban J connectivity index is 1.44. The van der Waals surface area contributed by atoms with Crippen molar-refractivity contribution in [1.29, 1.82) is 0 Å². The molecule has 0 aliphatic rings. The van der Waals surface area contributed by atoms with Gasteiger partial charge < -0.3 is 15.5 Å². The van der Waals surface area contributed by atoms with E-state index in [4.69, 9.17) is 10.2 Å². The second-order valence-corrected chi connectivity index (χ2v) is 5.52. The monoisotopic (exact) mass is 332 g/mol. The normalized spacial score (nSPS) is 10.9. The zero-order valence-corrected chi connectivity index (χ0v) is 13.4. The number of anilines is 2. The molecular weight excluding hydrogens is 316 g/mol. The average Bonchev–Trinajstić information content (AvgIpc) is 3.11. The number of benzene rings is 1. The number of rotatable bonds is 5. The van der Waals surface area contributed by atoms with E-state index in [0.717, 1.165) is 22.5 Å². The highest BCUT2D eigenvalue weighted by atomic mass is 16.3. The van der Waals surface area contributed by atoms with Crippen LogP contribution >= 0.6 is 0 Å². The molecule has 7 heteroatoms. The highest BCUT2D eigenvalue weighted by molar-refractivity contribution is 5.87. The fourth-order valence-electron chi connectivity index (χ4n) is 2.54. The number of fused-ring (bicyclic) bond motifs is 1. The van der Waals surface area contributed by atoms with Gasteiger partial charge in [0.15, 0.2) is 5.65 Å². The molecule has 1 aromatic carbocycles. The Bertz CT molecular complexity index is 999. The number of hydrogen-bond acceptors (Lipinski definition) is 7. The molecule has 7 nitrogen and oxygen atoms in total. The average molecular weight is 332 g/mol. The zero-order chi connectivity index (χ0) is 17.1. The van der Waals surface area contributed by atoms with Gasteiger partial charge in [-0.2, -0.15) is 0 Å². The number of hydrogen-bond donors (Lipinski definition) is 2. The molecule has 0 saturated carbocycles. The fraction of sp³-hybridized carbons (Fsp3) is 0.111. The van der Waals surface area contributed by atoms with Crippen LogP contribution in [0.1, 0.15) is 5.69 Å². The molecule has 124 valence electrons. The standard InChI is InChI=1S/C18H16N6O/c19-15-7-6-14-16(21-11-22-17(14)24-15)20-9-8-13-10-25-18(23-13)12-4-2-1-3-5-12/h1-7,10-11H,8-9H2,(H3,19,20,21,22,24). The van der Waals surface area contributed by atoms with E-state index in [9.17, 15) is 0 Å². The topological polar surface area (TPSA) is 103 Å². The largest absolute Gasteiger partial charge is 0.444 e. The fourth-order valence-corrected chi connectivity index (χ4v) is 2.54. The molecule has 3 N–H and O–H groups in total. The SMILES string of the molecule is Nc1ccc2c(NCCc3coc(-c4ccccc4)n3)ncnc2n1. The van der Waals surface area contributed by atoms with Crippen LogP contribution in [-0.2, 0) is 6.42 Å². The summed E-state index contributed by atoms with van der Waals surface area (Å²) in [6, 6.07) is 13.4. The minimum absolute atomic E-state index is 0.438. The first kappa shape index (κ1) is 15.1. The Hall–Kier alpha value is -3.48. The van der Waals surface area contributed by atoms with E-state index in [-0.39, 0.29) is 0 Å². The summed E-state index contributed by atoms with van der Waals surface area (Å²) >= 11 is 0. The summed E-state index contributed by atoms with van der Waals surface area (Å²) in [6.07, 6.45) is 3.87. The molecule has 25 heavy (non-hydrogen) atoms. The van der Waals surface area contributed by atoms with Gasteiger partial charge in [-0.3, -0.25) is 0 Å². The van der Waals surface area contributed by atoms with E-state index >= 15 is 0 Å². The van der Waals surface area contributed by atoms with E-state index in [2.05, 4.69) is 25.3 Å². The minimum atomic E-state index is 0.438. The molecule has 0 radical (unpaired) electrons. The lowest BCUT2D eigenvalue weighted by molar-refractivity contribution is 0.572. The van der Waals surface area contributed by atoms with Gasteiger partial charge in [0, 0.05) is 18.5 Å². The summed E-state index contributed by atoms with van der Waals surface area (Å²) in [5.41, 5.74) is 8.11. The molecule has 0 atom stereocenters. The van der Waals surface area contributed by atoms with Crippen molar-refractivity contribution in [1.82, 2.24) is 19.9 Å². The van der Waals surface area contributed by atoms with Crippen LogP contribution in [0.2, 0.25) is 0 Å². The number of pyridine rings is 1. The second-order valence-electron chi connectivity index (χ2n) is 5.52. The summed E-state index contributed by atoms with van der Waals surface area (Å²) < 4.78 is 5.55. The van der Waals surface area contributed by atoms with E-state index < -0.39 is 0 Å². The third-order valence-electron chi connectivity index (χ3n) is 3.76. The van der Waals surface area contributed by atoms with Crippen molar-refractivity contribution in [3.63, 3.8) is 0 Å². The number of oxazole rings is 1. The second kappa shape index (κ2) is 6.56. The van der Waals surface area contributed by atoms with Crippen LogP contribution in [-0.4, -0.2) is 26.5 Å². The minimum Gasteiger partial charge on any atom is -0.444 e. The lowest BCUT2D eigenvalue weighted by Crippen LogP contribution is -2.07. The van der Waals surface area contributed by atoms with Crippen LogP contribution in [0, 0.1) is 0 Å². The van der Waals surface area contributed by atoms with Crippen molar-refractivity contribution in [2.75, 3.05) is 17.6 Å². The van der Waals surface area contributed by atoms with Crippen molar-refractivity contribution in [3.8, 4) is 11.5 Å². The van der Waals surface area contributed by atoms with Gasteiger partial charge in [-0.15, -0.1) is 0 Å². The van der Waals surface area contributed by atoms with E-state index in [1.807, 2.05) is 36.4 Å². The quantitative estimate of drug-likeness (QED) is 0.579. The van der Waals surface area contributed by atoms with Crippen LogP contribution in [0.4, 0.5) is 11.6 Å². The summed E-state index contributed by atoms with van der Waals surface area (Å²) in [4.78, 5) is 17.1. The van der Waals surface area contributed by atoms with Crippen LogP contribution in [0.3, 0.4) is 0 Å². The lowest BCUT2D eigenvalue weighted by atomic mass is 10.2. The highest BCUT2D eigenvalue weighted by Gasteiger charge is 2.08. The zero-order valence-electron chi connectivity index (χ0n) is 13.4. The van der Waals surface area contributed by atoms with Crippen molar-refractivity contribution >= 4 is 22.7 Å². The van der Waals surface area contributed by atoms with Gasteiger partial charge in [0.1, 0.15) is 24.2 Å². The predicted octanol–water partition coefficient (Wildman–Crippen LogP) is 2.92. The smallest absolute Gasteiger partial charge is 0.226 e. The van der Waals surface area contributed by atoms with Gasteiger partial charge in [0.25, 0.3) is 0 Å². The molecule has 0 saturated heterocycles. The third-order valence-corrected chi connectivity index (χ3v) is 3.76. The predicted molar refractivity (Wildman–Crippen MR) is 95.9 cm³/mol. The molecule has 0 fully saturated rings. The molecule has 0 aliphatic carbocycles. The number of aromatic nitrogens is 4. The summed E-state index contributed by atoms with van der Waals surface area (Å²) in [7, 11) is 0. The van der Waals surface area contributed by atoms with Gasteiger partial charge in [-0.25, -0.2) is 19.9 Å². The van der Waals surface area contributed by atoms with Gasteiger partial charge in [-0.05, 0) is 24.3 Å². The molecule has 4 aromatic rings. The van der Waals surface area contributed by atoms with Crippen LogP contribution in [0.25, 0.3) is 22.5 Å². The van der Waals surface area contributed by atoms with Gasteiger partial charge >= 0.3 is 0 Å². The first-order valence-electron chi connectivity index (χ1n) is 7.90. The maximum atomic E-state index is 5.69. The first-order valence-corrected chi connectivity index (χ1v) is 7.90. The Labute approximate surface area is 144 Å². The molecule has 0 amide bonds. The van der Waals surface area contributed by atoms with Crippen LogP contribution in [0.15, 0.2) is 59.5 Å². The first-order chi connectivity index (χ1) is 12.3. The summed E-state index contributed by atoms with van der Waals surface area (Å²) in [6.45, 7) is 0.664. The Morgan fingerprint density at radius 1 is 1.00 bits per heavy atom. The van der Waals surface area contributed by atoms with Crippen molar-refractivity contribution in [3.05, 3.63) is 60.7 Å². The van der Waals surface area contributed by atoms with Crippen molar-refractivity contribution < 1.29 is 4.42 Å². The van der Waals surface area contributed by atoms with Gasteiger partial charge in [0.2, 0.25) is 5.89 Å². The summed E-state index contributed by atoms with van der Waals surface area (Å²) in [5.74, 6) is 1.79. The molecular formula is C18H16N6O. The Kier molecular flexibility index (Phi) is 3.96. The molecule has 0 bridgehead atoms. The molecule has 3 heterocycles. The Morgan fingerprint density at radius 2 is 1.88 bits per heavy atom. The molecule has 0 aliphatic heterocycles. The van der Waals surface area contributed by atoms with Gasteiger partial charge in [-0.1, -0.05) is 18.2 Å². The lowest BCUT2D eigenvalue weighted by Gasteiger charge is -2.07. The van der Waals surface area contributed by atoms with Crippen LogP contribution in [0.5, 0.6) is 0 Å². The number of nitrogens with two attached hydrogens (primary N) is 1. The molecule has 0 spiro atoms. The highest BCUT2D eigenvalue weighted by Crippen LogP contribution is 2.20. The van der Waals surface area contributed by atoms with E-state index in [1.165, 1.54) is 6.33 Å². The van der Waals surface area contributed by atoms with Gasteiger partial charge in [0.05, 0.1) is 11.1 Å². The van der Waals surface area contributed by atoms with Crippen LogP contribution < -0.4 is 11.1 Å². The van der Waals surface area contributed by atoms with Crippen molar-refractivity contribution in [2.45, 2.75) is 6.42 Å². The maximum absolute atomic E-state index is 5.69. The third kappa shape index (κ3) is 3.25. The molecule has 3 aromatic heterocycles. The van der Waals surface area contributed by atoms with E-state index in [0.29, 0.717) is 30.3 Å². The van der Waals surface area contributed by atoms with Crippen molar-refractivity contribution in [2.24, 2.45) is 0 Å². The number of nitrogen functional groups attached to an aromatic ring is 1. The molecule has 4 rings (SSSR count). The Morgan fingerprint density at radius 3 is 2.76 bits per heavy atom. The number of nitrogens with zero attached hydrogens (tertiary/aromatic N) is 4. The summed E-state index contributed by atoms with van der Waals surface area (Å²) in [5, 5.41) is 4.13.